The third-order valence-corrected chi connectivity index (χ3v) is 9.79. The molecule has 1 aromatic rings. The fourth-order valence-corrected chi connectivity index (χ4v) is 8.19. The number of carbonyl (C=O) groups excluding carboxylic acids is 3. The highest BCUT2D eigenvalue weighted by Gasteiger charge is 2.66. The standard InChI is InChI=1S/C29H32O4/c1-17(30)18-3-5-19(6-4-18)24-16-28(2)25(11-13-29(28)14-12-26(32)33-29)23-9-7-20-15-21(31)8-10-22(20)27(23)24/h3-6,15,23-25H,7-14,16H2,1-2H3/t23-,24+,25-,28-,29+/m0/s1. The van der Waals surface area contributed by atoms with Crippen LogP contribution in [0.1, 0.15) is 93.5 Å². The van der Waals surface area contributed by atoms with Gasteiger partial charge in [-0.1, -0.05) is 36.8 Å². The van der Waals surface area contributed by atoms with Gasteiger partial charge >= 0.3 is 5.97 Å². The molecule has 3 fully saturated rings. The molecule has 5 atom stereocenters. The minimum absolute atomic E-state index is 0.0388. The molecule has 1 saturated heterocycles. The van der Waals surface area contributed by atoms with Crippen LogP contribution >= 0.6 is 0 Å². The summed E-state index contributed by atoms with van der Waals surface area (Å²) in [6.45, 7) is 3.99. The molecule has 6 rings (SSSR count). The minimum Gasteiger partial charge on any atom is -0.458 e. The van der Waals surface area contributed by atoms with E-state index < -0.39 is 0 Å². The van der Waals surface area contributed by atoms with Gasteiger partial charge in [0.2, 0.25) is 0 Å². The number of benzene rings is 1. The summed E-state index contributed by atoms with van der Waals surface area (Å²) in [5.74, 6) is 1.52. The van der Waals surface area contributed by atoms with Crippen LogP contribution in [0.15, 0.2) is 47.1 Å². The average Bonchev–Trinajstić information content (AvgIpc) is 3.32. The number of allylic oxidation sites excluding steroid dienone is 4. The van der Waals surface area contributed by atoms with Crippen LogP contribution in [0.4, 0.5) is 0 Å². The Balaban J connectivity index is 1.50. The first-order valence-electron chi connectivity index (χ1n) is 12.6. The average molecular weight is 445 g/mol. The molecule has 1 aliphatic heterocycles. The van der Waals surface area contributed by atoms with Gasteiger partial charge in [0.15, 0.2) is 11.6 Å². The van der Waals surface area contributed by atoms with Gasteiger partial charge < -0.3 is 4.74 Å². The molecule has 0 N–H and O–H groups in total. The summed E-state index contributed by atoms with van der Waals surface area (Å²) in [6.07, 6.45) is 9.82. The minimum atomic E-state index is -0.332. The van der Waals surface area contributed by atoms with Gasteiger partial charge in [-0.15, -0.1) is 0 Å². The van der Waals surface area contributed by atoms with E-state index in [4.69, 9.17) is 4.74 Å². The van der Waals surface area contributed by atoms with E-state index in [-0.39, 0.29) is 34.5 Å². The zero-order valence-corrected chi connectivity index (χ0v) is 19.6. The van der Waals surface area contributed by atoms with E-state index in [0.29, 0.717) is 24.7 Å². The predicted octanol–water partition coefficient (Wildman–Crippen LogP) is 5.86. The molecular weight excluding hydrogens is 412 g/mol. The first kappa shape index (κ1) is 21.1. The maximum absolute atomic E-state index is 12.3. The number of ether oxygens (including phenoxy) is 1. The van der Waals surface area contributed by atoms with Gasteiger partial charge in [-0.3, -0.25) is 14.4 Å². The Morgan fingerprint density at radius 3 is 2.48 bits per heavy atom. The highest BCUT2D eigenvalue weighted by Crippen LogP contribution is 2.69. The first-order chi connectivity index (χ1) is 15.8. The normalized spacial score (nSPS) is 37.4. The summed E-state index contributed by atoms with van der Waals surface area (Å²) in [4.78, 5) is 36.3. The second-order valence-electron chi connectivity index (χ2n) is 11.2. The van der Waals surface area contributed by atoms with Crippen molar-refractivity contribution in [1.29, 1.82) is 0 Å². The molecule has 2 saturated carbocycles. The Kier molecular flexibility index (Phi) is 4.63. The molecule has 0 radical (unpaired) electrons. The van der Waals surface area contributed by atoms with Crippen LogP contribution < -0.4 is 0 Å². The Hall–Kier alpha value is -2.49. The van der Waals surface area contributed by atoms with Crippen molar-refractivity contribution in [1.82, 2.24) is 0 Å². The Morgan fingerprint density at radius 2 is 1.79 bits per heavy atom. The summed E-state index contributed by atoms with van der Waals surface area (Å²) in [5.41, 5.74) is 5.83. The lowest BCUT2D eigenvalue weighted by Gasteiger charge is -2.54. The molecule has 0 amide bonds. The van der Waals surface area contributed by atoms with Gasteiger partial charge in [0.1, 0.15) is 5.60 Å². The molecule has 5 aliphatic rings. The summed E-state index contributed by atoms with van der Waals surface area (Å²) >= 11 is 0. The number of rotatable bonds is 2. The van der Waals surface area contributed by atoms with Crippen LogP contribution in [0, 0.1) is 17.3 Å². The molecule has 4 heteroatoms. The van der Waals surface area contributed by atoms with Crippen molar-refractivity contribution in [2.45, 2.75) is 83.2 Å². The topological polar surface area (TPSA) is 60.4 Å². The smallest absolute Gasteiger partial charge is 0.306 e. The second-order valence-corrected chi connectivity index (χ2v) is 11.2. The maximum Gasteiger partial charge on any atom is 0.306 e. The monoisotopic (exact) mass is 444 g/mol. The lowest BCUT2D eigenvalue weighted by Crippen LogP contribution is -2.51. The first-order valence-corrected chi connectivity index (χ1v) is 12.6. The highest BCUT2D eigenvalue weighted by molar-refractivity contribution is 5.94. The molecule has 0 aromatic heterocycles. The zero-order chi connectivity index (χ0) is 23.0. The molecule has 172 valence electrons. The van der Waals surface area contributed by atoms with Crippen molar-refractivity contribution in [2.24, 2.45) is 17.3 Å². The van der Waals surface area contributed by atoms with Gasteiger partial charge in [0, 0.05) is 29.7 Å². The Bertz CT molecular complexity index is 1120. The Morgan fingerprint density at radius 1 is 1.00 bits per heavy atom. The number of esters is 1. The van der Waals surface area contributed by atoms with Crippen LogP contribution in [0.2, 0.25) is 0 Å². The van der Waals surface area contributed by atoms with E-state index in [1.165, 1.54) is 16.7 Å². The number of hydrogen-bond acceptors (Lipinski definition) is 4. The highest BCUT2D eigenvalue weighted by atomic mass is 16.6. The van der Waals surface area contributed by atoms with Crippen molar-refractivity contribution in [2.75, 3.05) is 0 Å². The SMILES string of the molecule is CC(=O)c1ccc([C@H]2C[C@@]3(C)[C@@H](CC[C@@]34CCC(=O)O4)[C@@H]3CCC4=CC(=O)CCC4=C32)cc1. The number of fused-ring (bicyclic) bond motifs is 5. The molecule has 0 bridgehead atoms. The molecule has 4 aliphatic carbocycles. The zero-order valence-electron chi connectivity index (χ0n) is 19.6. The van der Waals surface area contributed by atoms with E-state index in [2.05, 4.69) is 19.1 Å². The van der Waals surface area contributed by atoms with Gasteiger partial charge in [0.25, 0.3) is 0 Å². The largest absolute Gasteiger partial charge is 0.458 e. The summed E-state index contributed by atoms with van der Waals surface area (Å²) < 4.78 is 6.16. The lowest BCUT2D eigenvalue weighted by atomic mass is 9.51. The van der Waals surface area contributed by atoms with E-state index in [9.17, 15) is 14.4 Å². The van der Waals surface area contributed by atoms with Gasteiger partial charge in [-0.2, -0.15) is 0 Å². The maximum atomic E-state index is 12.3. The van der Waals surface area contributed by atoms with Crippen molar-refractivity contribution in [3.05, 3.63) is 58.2 Å². The number of carbonyl (C=O) groups is 3. The van der Waals surface area contributed by atoms with Crippen LogP contribution in [-0.4, -0.2) is 23.1 Å². The van der Waals surface area contributed by atoms with E-state index in [1.54, 1.807) is 12.5 Å². The number of Topliss-reactive ketones (excluding diaryl/α,β-unsaturated/α-hetero) is 1. The van der Waals surface area contributed by atoms with Gasteiger partial charge in [0.05, 0.1) is 0 Å². The molecule has 1 spiro atoms. The third-order valence-electron chi connectivity index (χ3n) is 9.79. The van der Waals surface area contributed by atoms with Crippen LogP contribution in [0.3, 0.4) is 0 Å². The van der Waals surface area contributed by atoms with Crippen molar-refractivity contribution in [3.8, 4) is 0 Å². The van der Waals surface area contributed by atoms with E-state index >= 15 is 0 Å². The Labute approximate surface area is 195 Å². The summed E-state index contributed by atoms with van der Waals surface area (Å²) in [7, 11) is 0. The predicted molar refractivity (Wildman–Crippen MR) is 125 cm³/mol. The van der Waals surface area contributed by atoms with Gasteiger partial charge in [-0.25, -0.2) is 0 Å². The quantitative estimate of drug-likeness (QED) is 0.423. The number of hydrogen-bond donors (Lipinski definition) is 0. The second kappa shape index (κ2) is 7.25. The molecule has 1 aromatic carbocycles. The van der Waals surface area contributed by atoms with Crippen molar-refractivity contribution < 1.29 is 19.1 Å². The summed E-state index contributed by atoms with van der Waals surface area (Å²) in [6, 6.07) is 8.17. The van der Waals surface area contributed by atoms with E-state index in [0.717, 1.165) is 50.5 Å². The third kappa shape index (κ3) is 2.98. The molecule has 4 nitrogen and oxygen atoms in total. The van der Waals surface area contributed by atoms with Crippen molar-refractivity contribution in [3.63, 3.8) is 0 Å². The van der Waals surface area contributed by atoms with Crippen LogP contribution in [-0.2, 0) is 14.3 Å². The molecule has 0 unspecified atom stereocenters. The molecular formula is C29H32O4. The molecule has 1 heterocycles. The van der Waals surface area contributed by atoms with E-state index in [1.807, 2.05) is 18.2 Å². The van der Waals surface area contributed by atoms with Gasteiger partial charge in [-0.05, 0) is 86.5 Å². The number of ketones is 2. The fourth-order valence-electron chi connectivity index (χ4n) is 8.19. The van der Waals surface area contributed by atoms with Crippen molar-refractivity contribution >= 4 is 17.5 Å². The summed E-state index contributed by atoms with van der Waals surface area (Å²) in [5, 5.41) is 0. The lowest BCUT2D eigenvalue weighted by molar-refractivity contribution is -0.162. The molecule has 33 heavy (non-hydrogen) atoms. The van der Waals surface area contributed by atoms with Crippen LogP contribution in [0.25, 0.3) is 0 Å². The fraction of sp³-hybridized carbons (Fsp3) is 0.552. The van der Waals surface area contributed by atoms with Crippen LogP contribution in [0.5, 0.6) is 0 Å².